The number of nitrogens with zero attached hydrogens (tertiary/aromatic N) is 5. The lowest BCUT2D eigenvalue weighted by molar-refractivity contribution is 0.569. The van der Waals surface area contributed by atoms with Crippen molar-refractivity contribution in [3.05, 3.63) is 403 Å². The lowest BCUT2D eigenvalue weighted by atomic mass is 9.33. The van der Waals surface area contributed by atoms with Crippen LogP contribution in [0.3, 0.4) is 0 Å². The van der Waals surface area contributed by atoms with E-state index in [-0.39, 0.29) is 27.1 Å². The Morgan fingerprint density at radius 3 is 1.19 bits per heavy atom. The van der Waals surface area contributed by atoms with Crippen molar-refractivity contribution < 1.29 is 8.83 Å². The molecule has 0 atom stereocenters. The van der Waals surface area contributed by atoms with Gasteiger partial charge in [0.1, 0.15) is 22.3 Å². The summed E-state index contributed by atoms with van der Waals surface area (Å²) in [7, 11) is 0. The van der Waals surface area contributed by atoms with Gasteiger partial charge in [0, 0.05) is 134 Å². The Morgan fingerprint density at radius 2 is 0.648 bits per heavy atom. The van der Waals surface area contributed by atoms with Gasteiger partial charge in [-0.25, -0.2) is 0 Å². The number of fused-ring (bicyclic) bond motifs is 22. The second-order valence-electron chi connectivity index (χ2n) is 45.4. The summed E-state index contributed by atoms with van der Waals surface area (Å²) < 4.78 is 24.3. The number of anilines is 6. The van der Waals surface area contributed by atoms with Crippen LogP contribution in [0.15, 0.2) is 379 Å². The highest BCUT2D eigenvalue weighted by Gasteiger charge is 2.48. The average Bonchev–Trinajstić information content (AvgIpc) is 1.58. The van der Waals surface area contributed by atoms with Crippen LogP contribution in [-0.4, -0.2) is 15.8 Å². The van der Waals surface area contributed by atoms with E-state index in [0.29, 0.717) is 5.56 Å². The summed E-state index contributed by atoms with van der Waals surface area (Å²) in [5, 5.41) is 24.7. The first-order chi connectivity index (χ1) is 70.0. The van der Waals surface area contributed by atoms with Crippen LogP contribution in [0, 0.1) is 11.3 Å². The summed E-state index contributed by atoms with van der Waals surface area (Å²) in [6, 6.07) is 144. The van der Waals surface area contributed by atoms with Gasteiger partial charge in [-0.1, -0.05) is 328 Å². The van der Waals surface area contributed by atoms with E-state index < -0.39 is 6.71 Å². The summed E-state index contributed by atoms with van der Waals surface area (Å²) in [5.41, 5.74) is 37.8. The van der Waals surface area contributed by atoms with Crippen LogP contribution in [0.25, 0.3) is 206 Å². The summed E-state index contributed by atoms with van der Waals surface area (Å²) in [6.07, 6.45) is 0. The van der Waals surface area contributed by atoms with Gasteiger partial charge in [0.2, 0.25) is 0 Å². The monoisotopic (exact) mass is 1900 g/mol. The van der Waals surface area contributed by atoms with Gasteiger partial charge in [0.15, 0.2) is 0 Å². The second kappa shape index (κ2) is 32.0. The quantitative estimate of drug-likeness (QED) is 0.128. The normalized spacial score (nSPS) is 13.2. The molecule has 7 nitrogen and oxygen atoms in total. The zero-order valence-corrected chi connectivity index (χ0v) is 85.8. The fraction of sp³-hybridized carbons (Fsp3) is 0.148. The SMILES string of the molecule is CC(C)(C)c1cc(-c2ccc3c(c2)B2c4ccc(-n5c6ccc(-c7ccccc7)cc6c6cc(C(C)(C)C)ccc65)cc4N(c4c(-c5cccc6oc7ccccc7c56)cccc4-c4cccc5sc6ccccc6c45)c4cc(-n5c6ccc(C#N)cc6c6cc(C(C)(C)C)ccc65)cc(c42)N3c2c(-c3cccc4oc5ccccc5c34)cc(C(C)(C)C)cc2-c2cccc3sc4ccccc4c23)cc(C(C)(C)C)c1. The first kappa shape index (κ1) is 87.9. The predicted octanol–water partition coefficient (Wildman–Crippen LogP) is 36.9. The van der Waals surface area contributed by atoms with E-state index in [1.165, 1.54) is 84.5 Å². The zero-order valence-electron chi connectivity index (χ0n) is 84.2. The van der Waals surface area contributed by atoms with Gasteiger partial charge >= 0.3 is 0 Å². The minimum atomic E-state index is -0.489. The predicted molar refractivity (Wildman–Crippen MR) is 620 cm³/mol. The van der Waals surface area contributed by atoms with Crippen molar-refractivity contribution in [3.8, 4) is 84.2 Å². The third-order valence-electron chi connectivity index (χ3n) is 31.3. The summed E-state index contributed by atoms with van der Waals surface area (Å²) in [4.78, 5) is 5.54. The van der Waals surface area contributed by atoms with E-state index in [2.05, 4.69) is 493 Å². The molecule has 0 spiro atoms. The van der Waals surface area contributed by atoms with Crippen LogP contribution in [-0.2, 0) is 27.1 Å². The lowest BCUT2D eigenvalue weighted by Crippen LogP contribution is -2.61. The molecule has 145 heavy (non-hydrogen) atoms. The van der Waals surface area contributed by atoms with E-state index in [1.54, 1.807) is 0 Å². The van der Waals surface area contributed by atoms with Crippen LogP contribution >= 0.6 is 22.7 Å². The maximum Gasteiger partial charge on any atom is 0.252 e. The Kier molecular flexibility index (Phi) is 19.4. The van der Waals surface area contributed by atoms with Gasteiger partial charge in [0.05, 0.1) is 50.8 Å². The first-order valence-corrected chi connectivity index (χ1v) is 52.4. The Hall–Kier alpha value is -16.0. The molecule has 0 fully saturated rings. The number of furan rings is 2. The molecule has 10 heteroatoms. The molecule has 2 aliphatic heterocycles. The van der Waals surface area contributed by atoms with Crippen molar-refractivity contribution in [2.75, 3.05) is 9.80 Å². The molecule has 698 valence electrons. The molecule has 0 amide bonds. The molecule has 0 bridgehead atoms. The third-order valence-corrected chi connectivity index (χ3v) is 33.6. The molecule has 0 radical (unpaired) electrons. The van der Waals surface area contributed by atoms with E-state index in [0.717, 1.165) is 200 Å². The van der Waals surface area contributed by atoms with Crippen molar-refractivity contribution in [1.29, 1.82) is 5.26 Å². The molecule has 27 rings (SSSR count). The molecule has 0 unspecified atom stereocenters. The highest BCUT2D eigenvalue weighted by Crippen LogP contribution is 2.60. The van der Waals surface area contributed by atoms with E-state index in [4.69, 9.17) is 8.83 Å². The van der Waals surface area contributed by atoms with Crippen molar-refractivity contribution in [2.24, 2.45) is 0 Å². The Bertz CT molecular complexity index is 9610. The van der Waals surface area contributed by atoms with Crippen LogP contribution in [0.1, 0.15) is 137 Å². The van der Waals surface area contributed by atoms with Gasteiger partial charge in [-0.2, -0.15) is 5.26 Å². The Balaban J connectivity index is 0.880. The Morgan fingerprint density at radius 1 is 0.248 bits per heavy atom. The molecular weight excluding hydrogens is 1800 g/mol. The van der Waals surface area contributed by atoms with Gasteiger partial charge in [-0.05, 0) is 261 Å². The smallest absolute Gasteiger partial charge is 0.252 e. The summed E-state index contributed by atoms with van der Waals surface area (Å²) >= 11 is 3.72. The molecule has 2 aliphatic rings. The van der Waals surface area contributed by atoms with Crippen molar-refractivity contribution in [1.82, 2.24) is 9.13 Å². The lowest BCUT2D eigenvalue weighted by Gasteiger charge is -2.46. The molecule has 0 saturated heterocycles. The standard InChI is InChI=1S/C135H106BN5O2S2/c1-131(2,3)83-56-63-111-102(70-83)100-64-78(77-137)52-59-108(100)139(111)89-75-114-128-115(76-89)141(129-94(90-38-28-46-118-124(90)96-34-19-23-44-116(96)142-118)42-27-43-95(129)91-40-30-50-122-126(91)98-36-21-25-48-120(98)144-122)113-74-88(138-109-60-53-80(79-32-17-16-18-33-79)67-101(109)103-71-84(132(4,5)6)55-62-110(103)138)57-58-106(113)136(128)107-68-81(82-65-85(133(7,8)9)69-86(66-82)134(10,11)12)54-61-112(107)140(114)130-104(92-39-29-47-119-125(92)97-35-20-24-45-117(97)143-119)72-87(135(13,14)15)73-105(130)93-41-31-51-123-127(93)99-37-22-26-49-121(99)145-123/h16-76H,1-15H3. The fourth-order valence-corrected chi connectivity index (χ4v) is 26.2. The molecule has 8 heterocycles. The Labute approximate surface area is 852 Å². The maximum absolute atomic E-state index is 11.3. The highest BCUT2D eigenvalue weighted by atomic mass is 32.1. The van der Waals surface area contributed by atoms with Gasteiger partial charge in [-0.3, -0.25) is 0 Å². The first-order valence-electron chi connectivity index (χ1n) is 50.8. The van der Waals surface area contributed by atoms with Gasteiger partial charge < -0.3 is 27.8 Å². The molecule has 25 aromatic rings. The summed E-state index contributed by atoms with van der Waals surface area (Å²) in [6.45, 7) is 34.8. The number of benzene rings is 19. The van der Waals surface area contributed by atoms with Crippen molar-refractivity contribution >= 4 is 208 Å². The van der Waals surface area contributed by atoms with E-state index in [9.17, 15) is 5.26 Å². The van der Waals surface area contributed by atoms with Crippen LogP contribution in [0.4, 0.5) is 34.1 Å². The molecule has 0 N–H and O–H groups in total. The molecule has 0 saturated carbocycles. The zero-order chi connectivity index (χ0) is 98.7. The van der Waals surface area contributed by atoms with Crippen LogP contribution in [0.5, 0.6) is 0 Å². The van der Waals surface area contributed by atoms with Crippen molar-refractivity contribution in [2.45, 2.75) is 131 Å². The molecule has 19 aromatic carbocycles. The maximum atomic E-state index is 11.3. The topological polar surface area (TPSA) is 66.4 Å². The third kappa shape index (κ3) is 13.8. The van der Waals surface area contributed by atoms with Crippen LogP contribution in [0.2, 0.25) is 0 Å². The number of hydrogen-bond donors (Lipinski definition) is 0. The number of aromatic nitrogens is 2. The summed E-state index contributed by atoms with van der Waals surface area (Å²) in [5.74, 6) is 0. The van der Waals surface area contributed by atoms with E-state index >= 15 is 0 Å². The fourth-order valence-electron chi connectivity index (χ4n) is 23.9. The number of rotatable bonds is 10. The largest absolute Gasteiger partial charge is 0.456 e. The number of nitriles is 1. The number of para-hydroxylation sites is 3. The minimum absolute atomic E-state index is 0.159. The molecular formula is C135H106BN5O2S2. The van der Waals surface area contributed by atoms with Gasteiger partial charge in [-0.15, -0.1) is 22.7 Å². The number of thiophene rings is 2. The average molecular weight is 1910 g/mol. The molecule has 6 aromatic heterocycles. The molecule has 0 aliphatic carbocycles. The van der Waals surface area contributed by atoms with Crippen LogP contribution < -0.4 is 26.2 Å². The minimum Gasteiger partial charge on any atom is -0.456 e. The van der Waals surface area contributed by atoms with Gasteiger partial charge in [0.25, 0.3) is 6.71 Å². The van der Waals surface area contributed by atoms with Crippen molar-refractivity contribution in [3.63, 3.8) is 0 Å². The second-order valence-corrected chi connectivity index (χ2v) is 47.5. The van der Waals surface area contributed by atoms with E-state index in [1.807, 2.05) is 28.7 Å². The number of hydrogen-bond acceptors (Lipinski definition) is 7. The highest BCUT2D eigenvalue weighted by molar-refractivity contribution is 7.26.